The highest BCUT2D eigenvalue weighted by molar-refractivity contribution is 6.09. The lowest BCUT2D eigenvalue weighted by atomic mass is 10.0. The van der Waals surface area contributed by atoms with Crippen molar-refractivity contribution in [1.82, 2.24) is 4.57 Å². The zero-order valence-corrected chi connectivity index (χ0v) is 11.5. The van der Waals surface area contributed by atoms with E-state index in [0.29, 0.717) is 5.56 Å². The van der Waals surface area contributed by atoms with E-state index < -0.39 is 0 Å². The van der Waals surface area contributed by atoms with Crippen LogP contribution in [-0.4, -0.2) is 4.57 Å². The molecule has 2 aromatic heterocycles. The molecule has 0 saturated heterocycles. The van der Waals surface area contributed by atoms with Gasteiger partial charge in [-0.25, -0.2) is 0 Å². The summed E-state index contributed by atoms with van der Waals surface area (Å²) in [6.45, 7) is 0. The molecular formula is C18H13NO2. The molecule has 21 heavy (non-hydrogen) atoms. The molecule has 0 saturated carbocycles. The SMILES string of the molecule is Cn1cccc(-c2cccc3c2oc2ccccc23)c1=O. The summed E-state index contributed by atoms with van der Waals surface area (Å²) in [5.41, 5.74) is 3.08. The van der Waals surface area contributed by atoms with Gasteiger partial charge in [-0.1, -0.05) is 36.4 Å². The summed E-state index contributed by atoms with van der Waals surface area (Å²) in [5.74, 6) is 0. The van der Waals surface area contributed by atoms with Crippen molar-refractivity contribution in [3.63, 3.8) is 0 Å². The second kappa shape index (κ2) is 4.35. The lowest BCUT2D eigenvalue weighted by Crippen LogP contribution is -2.17. The summed E-state index contributed by atoms with van der Waals surface area (Å²) in [6.07, 6.45) is 1.75. The largest absolute Gasteiger partial charge is 0.455 e. The lowest BCUT2D eigenvalue weighted by Gasteiger charge is -2.04. The zero-order valence-electron chi connectivity index (χ0n) is 11.5. The van der Waals surface area contributed by atoms with Gasteiger partial charge in [0.05, 0.1) is 5.56 Å². The van der Waals surface area contributed by atoms with Gasteiger partial charge in [-0.15, -0.1) is 0 Å². The molecule has 4 rings (SSSR count). The molecule has 0 radical (unpaired) electrons. The predicted molar refractivity (Wildman–Crippen MR) is 84.4 cm³/mol. The van der Waals surface area contributed by atoms with Gasteiger partial charge in [-0.2, -0.15) is 0 Å². The molecule has 0 aliphatic carbocycles. The molecule has 0 atom stereocenters. The molecule has 3 heteroatoms. The first-order valence-electron chi connectivity index (χ1n) is 6.82. The van der Waals surface area contributed by atoms with E-state index in [4.69, 9.17) is 4.42 Å². The first kappa shape index (κ1) is 12.0. The highest BCUT2D eigenvalue weighted by Crippen LogP contribution is 2.34. The number of benzene rings is 2. The molecule has 0 aliphatic heterocycles. The molecule has 0 unspecified atom stereocenters. The minimum atomic E-state index is -0.0227. The Morgan fingerprint density at radius 3 is 2.52 bits per heavy atom. The van der Waals surface area contributed by atoms with Crippen molar-refractivity contribution in [1.29, 1.82) is 0 Å². The van der Waals surface area contributed by atoms with Gasteiger partial charge in [0.1, 0.15) is 11.2 Å². The van der Waals surface area contributed by atoms with Crippen LogP contribution >= 0.6 is 0 Å². The molecule has 102 valence electrons. The highest BCUT2D eigenvalue weighted by Gasteiger charge is 2.13. The van der Waals surface area contributed by atoms with Crippen molar-refractivity contribution >= 4 is 21.9 Å². The summed E-state index contributed by atoms with van der Waals surface area (Å²) >= 11 is 0. The van der Waals surface area contributed by atoms with Crippen LogP contribution in [0.4, 0.5) is 0 Å². The maximum Gasteiger partial charge on any atom is 0.258 e. The number of rotatable bonds is 1. The first-order chi connectivity index (χ1) is 10.3. The average Bonchev–Trinajstić information content (AvgIpc) is 2.89. The molecule has 4 aromatic rings. The average molecular weight is 275 g/mol. The van der Waals surface area contributed by atoms with Gasteiger partial charge in [0.2, 0.25) is 0 Å². The minimum absolute atomic E-state index is 0.0227. The Bertz CT molecular complexity index is 1020. The van der Waals surface area contributed by atoms with Crippen LogP contribution in [0, 0.1) is 0 Å². The number of pyridine rings is 1. The first-order valence-corrected chi connectivity index (χ1v) is 6.82. The van der Waals surface area contributed by atoms with E-state index in [1.165, 1.54) is 0 Å². The predicted octanol–water partition coefficient (Wildman–Crippen LogP) is 3.95. The van der Waals surface area contributed by atoms with Gasteiger partial charge >= 0.3 is 0 Å². The Balaban J connectivity index is 2.14. The molecule has 0 spiro atoms. The van der Waals surface area contributed by atoms with Crippen molar-refractivity contribution < 1.29 is 4.42 Å². The number of fused-ring (bicyclic) bond motifs is 3. The number of furan rings is 1. The Labute approximate surface area is 121 Å². The summed E-state index contributed by atoms with van der Waals surface area (Å²) in [7, 11) is 1.75. The van der Waals surface area contributed by atoms with Crippen molar-refractivity contribution in [2.45, 2.75) is 0 Å². The van der Waals surface area contributed by atoms with Gasteiger partial charge in [-0.3, -0.25) is 4.79 Å². The monoisotopic (exact) mass is 275 g/mol. The summed E-state index contributed by atoms with van der Waals surface area (Å²) in [5, 5.41) is 2.11. The van der Waals surface area contributed by atoms with Gasteiger partial charge in [0.25, 0.3) is 5.56 Å². The second-order valence-electron chi connectivity index (χ2n) is 5.12. The van der Waals surface area contributed by atoms with E-state index in [9.17, 15) is 4.79 Å². The highest BCUT2D eigenvalue weighted by atomic mass is 16.3. The molecule has 0 N–H and O–H groups in total. The Kier molecular flexibility index (Phi) is 2.48. The topological polar surface area (TPSA) is 35.1 Å². The zero-order chi connectivity index (χ0) is 14.4. The van der Waals surface area contributed by atoms with Gasteiger partial charge < -0.3 is 8.98 Å². The molecule has 2 heterocycles. The van der Waals surface area contributed by atoms with Crippen LogP contribution in [-0.2, 0) is 7.05 Å². The fourth-order valence-electron chi connectivity index (χ4n) is 2.76. The summed E-state index contributed by atoms with van der Waals surface area (Å²) < 4.78 is 7.56. The molecule has 0 amide bonds. The quantitative estimate of drug-likeness (QED) is 0.527. The van der Waals surface area contributed by atoms with Crippen LogP contribution in [0.15, 0.2) is 70.0 Å². The number of hydrogen-bond donors (Lipinski definition) is 0. The van der Waals surface area contributed by atoms with Crippen LogP contribution in [0.5, 0.6) is 0 Å². The molecule has 2 aromatic carbocycles. The number of para-hydroxylation sites is 2. The van der Waals surface area contributed by atoms with Gasteiger partial charge in [0, 0.05) is 29.6 Å². The maximum atomic E-state index is 12.3. The molecule has 0 bridgehead atoms. The number of aryl methyl sites for hydroxylation is 1. The van der Waals surface area contributed by atoms with E-state index in [-0.39, 0.29) is 5.56 Å². The van der Waals surface area contributed by atoms with Crippen molar-refractivity contribution in [3.05, 3.63) is 71.1 Å². The number of hydrogen-bond acceptors (Lipinski definition) is 2. The van der Waals surface area contributed by atoms with Crippen molar-refractivity contribution in [2.24, 2.45) is 7.05 Å². The summed E-state index contributed by atoms with van der Waals surface area (Å²) in [4.78, 5) is 12.3. The van der Waals surface area contributed by atoms with E-state index in [1.807, 2.05) is 54.6 Å². The van der Waals surface area contributed by atoms with Gasteiger partial charge in [-0.05, 0) is 18.2 Å². The smallest absolute Gasteiger partial charge is 0.258 e. The third-order valence-corrected chi connectivity index (χ3v) is 3.82. The number of nitrogens with zero attached hydrogens (tertiary/aromatic N) is 1. The Morgan fingerprint density at radius 2 is 1.62 bits per heavy atom. The fraction of sp³-hybridized carbons (Fsp3) is 0.0556. The van der Waals surface area contributed by atoms with Crippen LogP contribution in [0.3, 0.4) is 0 Å². The van der Waals surface area contributed by atoms with Crippen LogP contribution in [0.25, 0.3) is 33.1 Å². The lowest BCUT2D eigenvalue weighted by molar-refractivity contribution is 0.670. The van der Waals surface area contributed by atoms with Crippen LogP contribution < -0.4 is 5.56 Å². The Morgan fingerprint density at radius 1 is 0.857 bits per heavy atom. The Hall–Kier alpha value is -2.81. The van der Waals surface area contributed by atoms with E-state index in [2.05, 4.69) is 0 Å². The standard InChI is InChI=1S/C18H13NO2/c1-19-11-5-9-15(18(19)20)14-8-4-7-13-12-6-2-3-10-16(12)21-17(13)14/h2-11H,1H3. The van der Waals surface area contributed by atoms with Gasteiger partial charge in [0.15, 0.2) is 0 Å². The van der Waals surface area contributed by atoms with Crippen LogP contribution in [0.2, 0.25) is 0 Å². The van der Waals surface area contributed by atoms with E-state index >= 15 is 0 Å². The molecule has 0 aliphatic rings. The normalized spacial score (nSPS) is 11.3. The summed E-state index contributed by atoms with van der Waals surface area (Å²) in [6, 6.07) is 17.6. The van der Waals surface area contributed by atoms with Crippen molar-refractivity contribution in [3.8, 4) is 11.1 Å². The molecule has 0 fully saturated rings. The fourth-order valence-corrected chi connectivity index (χ4v) is 2.76. The number of aromatic nitrogens is 1. The van der Waals surface area contributed by atoms with E-state index in [0.717, 1.165) is 27.5 Å². The second-order valence-corrected chi connectivity index (χ2v) is 5.12. The van der Waals surface area contributed by atoms with Crippen LogP contribution in [0.1, 0.15) is 0 Å². The third kappa shape index (κ3) is 1.71. The maximum absolute atomic E-state index is 12.3. The molecular weight excluding hydrogens is 262 g/mol. The minimum Gasteiger partial charge on any atom is -0.455 e. The molecule has 3 nitrogen and oxygen atoms in total. The van der Waals surface area contributed by atoms with Crippen molar-refractivity contribution in [2.75, 3.05) is 0 Å². The third-order valence-electron chi connectivity index (χ3n) is 3.82. The van der Waals surface area contributed by atoms with E-state index in [1.54, 1.807) is 17.8 Å².